The van der Waals surface area contributed by atoms with Gasteiger partial charge in [0.15, 0.2) is 0 Å². The zero-order valence-corrected chi connectivity index (χ0v) is 14.2. The standard InChI is InChI=1S/C14H16Cl2N4O4/c1-8(19-20-14(24)13(23)17-4-5-21)6-12(22)18-11-7-9(15)2-3-10(11)16/h2-3,7,21H,4-6H2,1H3,(H,17,23)(H,18,22)(H,20,24). The first kappa shape index (κ1) is 19.9. The molecule has 0 heterocycles. The fraction of sp³-hybridized carbons (Fsp3) is 0.286. The van der Waals surface area contributed by atoms with E-state index in [1.165, 1.54) is 13.0 Å². The molecule has 0 unspecified atom stereocenters. The zero-order chi connectivity index (χ0) is 18.1. The maximum absolute atomic E-state index is 11.9. The number of rotatable bonds is 6. The Bertz CT molecular complexity index is 664. The second kappa shape index (κ2) is 9.86. The number of hydrogen-bond donors (Lipinski definition) is 4. The molecule has 8 nitrogen and oxygen atoms in total. The number of aliphatic hydroxyl groups excluding tert-OH is 1. The highest BCUT2D eigenvalue weighted by Gasteiger charge is 2.12. The molecule has 0 fully saturated rings. The molecule has 10 heteroatoms. The molecule has 0 aliphatic rings. The van der Waals surface area contributed by atoms with Gasteiger partial charge in [0.25, 0.3) is 0 Å². The summed E-state index contributed by atoms with van der Waals surface area (Å²) in [5.74, 6) is -2.35. The molecule has 1 aromatic carbocycles. The van der Waals surface area contributed by atoms with Crippen molar-refractivity contribution < 1.29 is 19.5 Å². The topological polar surface area (TPSA) is 120 Å². The van der Waals surface area contributed by atoms with Crippen LogP contribution in [0, 0.1) is 0 Å². The van der Waals surface area contributed by atoms with Gasteiger partial charge in [0.2, 0.25) is 5.91 Å². The van der Waals surface area contributed by atoms with Gasteiger partial charge >= 0.3 is 11.8 Å². The smallest absolute Gasteiger partial charge is 0.329 e. The molecule has 0 bridgehead atoms. The van der Waals surface area contributed by atoms with Crippen molar-refractivity contribution in [2.45, 2.75) is 13.3 Å². The number of aliphatic hydroxyl groups is 1. The molecule has 4 N–H and O–H groups in total. The van der Waals surface area contributed by atoms with Crippen molar-refractivity contribution in [2.75, 3.05) is 18.5 Å². The van der Waals surface area contributed by atoms with Crippen LogP contribution in [0.25, 0.3) is 0 Å². The van der Waals surface area contributed by atoms with Crippen molar-refractivity contribution in [3.05, 3.63) is 28.2 Å². The summed E-state index contributed by atoms with van der Waals surface area (Å²) in [7, 11) is 0. The molecule has 0 atom stereocenters. The van der Waals surface area contributed by atoms with Crippen molar-refractivity contribution >= 4 is 52.3 Å². The summed E-state index contributed by atoms with van der Waals surface area (Å²) in [5.41, 5.74) is 2.64. The van der Waals surface area contributed by atoms with Gasteiger partial charge < -0.3 is 15.7 Å². The van der Waals surface area contributed by atoms with Crippen molar-refractivity contribution in [1.82, 2.24) is 10.7 Å². The van der Waals surface area contributed by atoms with Crippen LogP contribution >= 0.6 is 23.2 Å². The number of amides is 3. The predicted molar refractivity (Wildman–Crippen MR) is 91.1 cm³/mol. The number of nitrogens with one attached hydrogen (secondary N) is 3. The lowest BCUT2D eigenvalue weighted by Crippen LogP contribution is -2.39. The molecular formula is C14H16Cl2N4O4. The summed E-state index contributed by atoms with van der Waals surface area (Å²) >= 11 is 11.8. The van der Waals surface area contributed by atoms with Crippen molar-refractivity contribution in [1.29, 1.82) is 0 Å². The van der Waals surface area contributed by atoms with E-state index in [1.807, 2.05) is 5.43 Å². The van der Waals surface area contributed by atoms with E-state index in [-0.39, 0.29) is 25.3 Å². The number of halogens is 2. The number of benzene rings is 1. The van der Waals surface area contributed by atoms with E-state index in [1.54, 1.807) is 12.1 Å². The zero-order valence-electron chi connectivity index (χ0n) is 12.7. The van der Waals surface area contributed by atoms with Crippen molar-refractivity contribution in [3.63, 3.8) is 0 Å². The van der Waals surface area contributed by atoms with Crippen LogP contribution in [0.1, 0.15) is 13.3 Å². The van der Waals surface area contributed by atoms with Crippen LogP contribution in [-0.2, 0) is 14.4 Å². The van der Waals surface area contributed by atoms with Gasteiger partial charge in [-0.05, 0) is 25.1 Å². The molecule has 1 rings (SSSR count). The monoisotopic (exact) mass is 374 g/mol. The minimum atomic E-state index is -0.999. The van der Waals surface area contributed by atoms with Crippen LogP contribution < -0.4 is 16.1 Å². The highest BCUT2D eigenvalue weighted by molar-refractivity contribution is 6.36. The Kier molecular flexibility index (Phi) is 8.17. The van der Waals surface area contributed by atoms with Gasteiger partial charge in [-0.25, -0.2) is 5.43 Å². The third-order valence-electron chi connectivity index (χ3n) is 2.57. The van der Waals surface area contributed by atoms with E-state index in [0.29, 0.717) is 15.7 Å². The van der Waals surface area contributed by atoms with Crippen LogP contribution in [-0.4, -0.2) is 41.7 Å². The summed E-state index contributed by atoms with van der Waals surface area (Å²) in [6.45, 7) is 1.18. The van der Waals surface area contributed by atoms with Gasteiger partial charge in [0.1, 0.15) is 0 Å². The van der Waals surface area contributed by atoms with Crippen molar-refractivity contribution in [3.8, 4) is 0 Å². The van der Waals surface area contributed by atoms with Gasteiger partial charge in [-0.1, -0.05) is 23.2 Å². The molecule has 0 saturated heterocycles. The van der Waals surface area contributed by atoms with Crippen LogP contribution in [0.15, 0.2) is 23.3 Å². The number of carbonyl (C=O) groups is 3. The third kappa shape index (κ3) is 6.95. The van der Waals surface area contributed by atoms with E-state index in [0.717, 1.165) is 0 Å². The van der Waals surface area contributed by atoms with Crippen LogP contribution in [0.3, 0.4) is 0 Å². The van der Waals surface area contributed by atoms with Gasteiger partial charge in [-0.3, -0.25) is 14.4 Å². The molecule has 0 spiro atoms. The Morgan fingerprint density at radius 1 is 1.21 bits per heavy atom. The maximum Gasteiger partial charge on any atom is 0.329 e. The predicted octanol–water partition coefficient (Wildman–Crippen LogP) is 0.923. The summed E-state index contributed by atoms with van der Waals surface area (Å²) in [6.07, 6.45) is -0.124. The van der Waals surface area contributed by atoms with Crippen LogP contribution in [0.5, 0.6) is 0 Å². The summed E-state index contributed by atoms with van der Waals surface area (Å²) in [4.78, 5) is 34.5. The second-order valence-corrected chi connectivity index (χ2v) is 5.46. The molecule has 0 aliphatic heterocycles. The Morgan fingerprint density at radius 3 is 2.58 bits per heavy atom. The average Bonchev–Trinajstić information content (AvgIpc) is 2.53. The van der Waals surface area contributed by atoms with E-state index in [2.05, 4.69) is 15.7 Å². The molecule has 3 amide bonds. The average molecular weight is 375 g/mol. The maximum atomic E-state index is 11.9. The summed E-state index contributed by atoms with van der Waals surface area (Å²) < 4.78 is 0. The lowest BCUT2D eigenvalue weighted by Gasteiger charge is -2.07. The lowest BCUT2D eigenvalue weighted by atomic mass is 10.2. The first-order valence-electron chi connectivity index (χ1n) is 6.80. The number of hydrazone groups is 1. The second-order valence-electron chi connectivity index (χ2n) is 4.62. The fourth-order valence-corrected chi connectivity index (χ4v) is 1.84. The largest absolute Gasteiger partial charge is 0.395 e. The number of carbonyl (C=O) groups excluding carboxylic acids is 3. The molecule has 0 aromatic heterocycles. The van der Waals surface area contributed by atoms with E-state index in [4.69, 9.17) is 28.3 Å². The van der Waals surface area contributed by atoms with E-state index >= 15 is 0 Å². The Labute approximate surface area is 148 Å². The minimum absolute atomic E-state index is 0.0439. The Balaban J connectivity index is 2.52. The quantitative estimate of drug-likeness (QED) is 0.336. The number of nitrogens with zero attached hydrogens (tertiary/aromatic N) is 1. The van der Waals surface area contributed by atoms with E-state index in [9.17, 15) is 14.4 Å². The first-order valence-corrected chi connectivity index (χ1v) is 7.56. The molecule has 1 aromatic rings. The van der Waals surface area contributed by atoms with Crippen LogP contribution in [0.2, 0.25) is 10.0 Å². The van der Waals surface area contributed by atoms with Gasteiger partial charge in [0, 0.05) is 17.3 Å². The summed E-state index contributed by atoms with van der Waals surface area (Å²) in [6, 6.07) is 4.64. The summed E-state index contributed by atoms with van der Waals surface area (Å²) in [5, 5.41) is 17.7. The fourth-order valence-electron chi connectivity index (χ4n) is 1.51. The van der Waals surface area contributed by atoms with E-state index < -0.39 is 17.7 Å². The molecule has 24 heavy (non-hydrogen) atoms. The van der Waals surface area contributed by atoms with Crippen LogP contribution in [0.4, 0.5) is 5.69 Å². The molecule has 0 saturated carbocycles. The minimum Gasteiger partial charge on any atom is -0.395 e. The highest BCUT2D eigenvalue weighted by Crippen LogP contribution is 2.25. The Hall–Kier alpha value is -2.16. The van der Waals surface area contributed by atoms with Gasteiger partial charge in [-0.2, -0.15) is 5.10 Å². The Morgan fingerprint density at radius 2 is 1.92 bits per heavy atom. The van der Waals surface area contributed by atoms with Crippen molar-refractivity contribution in [2.24, 2.45) is 5.10 Å². The molecular weight excluding hydrogens is 359 g/mol. The SMILES string of the molecule is CC(CC(=O)Nc1cc(Cl)ccc1Cl)=NNC(=O)C(=O)NCCO. The number of anilines is 1. The third-order valence-corrected chi connectivity index (χ3v) is 3.14. The lowest BCUT2D eigenvalue weighted by molar-refractivity contribution is -0.139. The normalized spacial score (nSPS) is 10.9. The van der Waals surface area contributed by atoms with Gasteiger partial charge in [0.05, 0.1) is 23.7 Å². The highest BCUT2D eigenvalue weighted by atomic mass is 35.5. The van der Waals surface area contributed by atoms with Gasteiger partial charge in [-0.15, -0.1) is 0 Å². The first-order chi connectivity index (χ1) is 11.3. The number of hydrogen-bond acceptors (Lipinski definition) is 5. The molecule has 0 radical (unpaired) electrons. The molecule has 0 aliphatic carbocycles. The molecule has 130 valence electrons.